The first-order chi connectivity index (χ1) is 14.3. The number of nitrogens with one attached hydrogen (secondary N) is 2. The fourth-order valence-electron chi connectivity index (χ4n) is 3.10. The third-order valence-electron chi connectivity index (χ3n) is 4.69. The van der Waals surface area contributed by atoms with Crippen LogP contribution in [-0.4, -0.2) is 24.4 Å². The van der Waals surface area contributed by atoms with Crippen LogP contribution in [-0.2, 0) is 21.3 Å². The highest BCUT2D eigenvalue weighted by Gasteiger charge is 2.40. The largest absolute Gasteiger partial charge is 0.465 e. The van der Waals surface area contributed by atoms with Gasteiger partial charge in [0.2, 0.25) is 0 Å². The predicted molar refractivity (Wildman–Crippen MR) is 126 cm³/mol. The van der Waals surface area contributed by atoms with Crippen LogP contribution >= 0.6 is 18.2 Å². The van der Waals surface area contributed by atoms with Gasteiger partial charge >= 0.3 is 6.09 Å². The molecule has 0 fully saturated rings. The first-order valence-corrected chi connectivity index (χ1v) is 13.8. The van der Waals surface area contributed by atoms with Gasteiger partial charge in [0.05, 0.1) is 18.4 Å². The van der Waals surface area contributed by atoms with Gasteiger partial charge in [-0.1, -0.05) is 68.8 Å². The summed E-state index contributed by atoms with van der Waals surface area (Å²) >= 11 is 7.10. The van der Waals surface area contributed by atoms with Crippen molar-refractivity contribution in [1.29, 1.82) is 0 Å². The fourth-order valence-corrected chi connectivity index (χ4v) is 6.20. The summed E-state index contributed by atoms with van der Waals surface area (Å²) in [5.74, 6) is 2.34. The molecule has 9 heteroatoms. The van der Waals surface area contributed by atoms with Crippen molar-refractivity contribution in [2.45, 2.75) is 27.2 Å². The minimum atomic E-state index is -2.02. The smallest absolute Gasteiger partial charge is 0.413 e. The number of carbonyl (C=O) groups is 1. The maximum absolute atomic E-state index is 12.3. The number of fused-ring (bicyclic) bond motifs is 1. The third-order valence-corrected chi connectivity index (χ3v) is 9.08. The maximum Gasteiger partial charge on any atom is 0.413 e. The second-order valence-corrected chi connectivity index (χ2v) is 13.2. The normalized spacial score (nSPS) is 18.7. The van der Waals surface area contributed by atoms with E-state index in [1.165, 1.54) is 11.9 Å². The molecular formula is C21H27N2O4PS2. The van der Waals surface area contributed by atoms with E-state index >= 15 is 0 Å². The number of alkyl carbamates (subject to hydrolysis) is 1. The van der Waals surface area contributed by atoms with Crippen LogP contribution in [0.2, 0.25) is 0 Å². The van der Waals surface area contributed by atoms with Crippen molar-refractivity contribution in [2.75, 3.05) is 18.3 Å². The van der Waals surface area contributed by atoms with Gasteiger partial charge in [-0.25, -0.2) is 4.79 Å². The predicted octanol–water partition coefficient (Wildman–Crippen LogP) is 5.47. The van der Waals surface area contributed by atoms with Crippen LogP contribution in [0, 0.1) is 5.41 Å². The van der Waals surface area contributed by atoms with Crippen LogP contribution in [0.5, 0.6) is 5.75 Å². The molecule has 2 aliphatic rings. The van der Waals surface area contributed by atoms with Crippen LogP contribution in [0.3, 0.4) is 0 Å². The Morgan fingerprint density at radius 3 is 2.83 bits per heavy atom. The van der Waals surface area contributed by atoms with Crippen molar-refractivity contribution in [3.05, 3.63) is 65.8 Å². The molecule has 1 aromatic carbocycles. The van der Waals surface area contributed by atoms with Gasteiger partial charge in [-0.3, -0.25) is 4.72 Å². The highest BCUT2D eigenvalue weighted by Crippen LogP contribution is 2.48. The van der Waals surface area contributed by atoms with E-state index in [1.54, 1.807) is 6.26 Å². The lowest BCUT2D eigenvalue weighted by molar-refractivity contribution is 0.148. The van der Waals surface area contributed by atoms with Gasteiger partial charge < -0.3 is 19.3 Å². The van der Waals surface area contributed by atoms with Crippen molar-refractivity contribution in [2.24, 2.45) is 5.41 Å². The second-order valence-electron chi connectivity index (χ2n) is 7.55. The van der Waals surface area contributed by atoms with E-state index in [1.807, 2.05) is 63.3 Å². The Labute approximate surface area is 187 Å². The Kier molecular flexibility index (Phi) is 7.69. The van der Waals surface area contributed by atoms with Gasteiger partial charge in [-0.05, 0) is 30.2 Å². The first kappa shape index (κ1) is 22.9. The molecule has 2 N–H and O–H groups in total. The Morgan fingerprint density at radius 2 is 2.10 bits per heavy atom. The van der Waals surface area contributed by atoms with Gasteiger partial charge in [-0.2, -0.15) is 0 Å². The number of hydrogen-bond acceptors (Lipinski definition) is 7. The molecule has 0 saturated carbocycles. The monoisotopic (exact) mass is 466 g/mol. The van der Waals surface area contributed by atoms with Crippen molar-refractivity contribution < 1.29 is 18.8 Å². The van der Waals surface area contributed by atoms with E-state index in [0.717, 1.165) is 23.9 Å². The molecule has 30 heavy (non-hydrogen) atoms. The average Bonchev–Trinajstić information content (AvgIpc) is 2.98. The molecule has 1 atom stereocenters. The van der Waals surface area contributed by atoms with Crippen LogP contribution in [0.4, 0.5) is 4.79 Å². The summed E-state index contributed by atoms with van der Waals surface area (Å²) in [4.78, 5) is 12.3. The summed E-state index contributed by atoms with van der Waals surface area (Å²) in [7, 11) is 0. The standard InChI is InChI=1S/C21H27N2O4PS2/c1-4-28(29,27-17-10-6-5-7-11-17)14-23-30-15-22-20(24)26-19-18-16(9-8-12-25-18)13-21(19,2)3/h5-12,23H,4,13-15H2,1-3H3,(H,22,24). The molecule has 0 aromatic heterocycles. The summed E-state index contributed by atoms with van der Waals surface area (Å²) in [5.41, 5.74) is 0.753. The Balaban J connectivity index is 1.43. The summed E-state index contributed by atoms with van der Waals surface area (Å²) in [6, 6.07) is 9.62. The minimum Gasteiger partial charge on any atom is -0.465 e. The fraction of sp³-hybridized carbons (Fsp3) is 0.381. The number of allylic oxidation sites excluding steroid dienone is 4. The van der Waals surface area contributed by atoms with E-state index in [2.05, 4.69) is 10.0 Å². The van der Waals surface area contributed by atoms with Crippen LogP contribution in [0.15, 0.2) is 65.8 Å². The van der Waals surface area contributed by atoms with Crippen LogP contribution in [0.25, 0.3) is 0 Å². The highest BCUT2D eigenvalue weighted by molar-refractivity contribution is 8.12. The number of benzene rings is 1. The molecule has 1 unspecified atom stereocenters. The zero-order chi connectivity index (χ0) is 21.6. The van der Waals surface area contributed by atoms with Gasteiger partial charge in [-0.15, -0.1) is 0 Å². The topological polar surface area (TPSA) is 68.8 Å². The maximum atomic E-state index is 12.3. The molecule has 1 aromatic rings. The molecule has 162 valence electrons. The van der Waals surface area contributed by atoms with Crippen LogP contribution in [0.1, 0.15) is 27.2 Å². The van der Waals surface area contributed by atoms with Crippen molar-refractivity contribution in [1.82, 2.24) is 10.0 Å². The Bertz CT molecular complexity index is 913. The zero-order valence-electron chi connectivity index (χ0n) is 17.3. The van der Waals surface area contributed by atoms with E-state index in [0.29, 0.717) is 23.7 Å². The van der Waals surface area contributed by atoms with Gasteiger partial charge in [0, 0.05) is 11.6 Å². The molecule has 1 heterocycles. The van der Waals surface area contributed by atoms with Crippen molar-refractivity contribution in [3.63, 3.8) is 0 Å². The average molecular weight is 467 g/mol. The number of hydrogen-bond donors (Lipinski definition) is 2. The quantitative estimate of drug-likeness (QED) is 0.216. The lowest BCUT2D eigenvalue weighted by atomic mass is 9.90. The van der Waals surface area contributed by atoms with E-state index in [4.69, 9.17) is 25.8 Å². The molecular weight excluding hydrogens is 439 g/mol. The van der Waals surface area contributed by atoms with E-state index in [9.17, 15) is 4.79 Å². The molecule has 6 nitrogen and oxygen atoms in total. The van der Waals surface area contributed by atoms with Gasteiger partial charge in [0.25, 0.3) is 0 Å². The second kappa shape index (κ2) is 10.1. The number of ether oxygens (including phenoxy) is 2. The van der Waals surface area contributed by atoms with Crippen LogP contribution < -0.4 is 14.6 Å². The molecule has 1 aliphatic carbocycles. The molecule has 3 rings (SSSR count). The number of rotatable bonds is 9. The zero-order valence-corrected chi connectivity index (χ0v) is 19.9. The molecule has 0 spiro atoms. The van der Waals surface area contributed by atoms with E-state index in [-0.39, 0.29) is 5.41 Å². The third kappa shape index (κ3) is 5.91. The molecule has 0 radical (unpaired) electrons. The Hall–Kier alpha value is -1.73. The van der Waals surface area contributed by atoms with E-state index < -0.39 is 12.4 Å². The minimum absolute atomic E-state index is 0.293. The lowest BCUT2D eigenvalue weighted by Gasteiger charge is -2.22. The Morgan fingerprint density at radius 1 is 1.33 bits per heavy atom. The number of carbonyl (C=O) groups excluding carboxylic acids is 1. The molecule has 1 amide bonds. The number of amides is 1. The van der Waals surface area contributed by atoms with Crippen molar-refractivity contribution in [3.8, 4) is 5.75 Å². The summed E-state index contributed by atoms with van der Waals surface area (Å²) < 4.78 is 20.4. The number of para-hydroxylation sites is 1. The van der Waals surface area contributed by atoms with Crippen molar-refractivity contribution >= 4 is 36.1 Å². The SMILES string of the molecule is CCP(=S)(CNSCNC(=O)OC1=C2OC=CC=C2CC1(C)C)Oc1ccccc1. The summed E-state index contributed by atoms with van der Waals surface area (Å²) in [5, 5.41) is 2.75. The van der Waals surface area contributed by atoms with Gasteiger partial charge in [0.15, 0.2) is 11.5 Å². The summed E-state index contributed by atoms with van der Waals surface area (Å²) in [6.45, 7) is 6.10. The first-order valence-electron chi connectivity index (χ1n) is 9.73. The lowest BCUT2D eigenvalue weighted by Crippen LogP contribution is -2.28. The molecule has 0 saturated heterocycles. The highest BCUT2D eigenvalue weighted by atomic mass is 32.4. The molecule has 1 aliphatic heterocycles. The van der Waals surface area contributed by atoms with Gasteiger partial charge in [0.1, 0.15) is 12.0 Å². The molecule has 0 bridgehead atoms. The summed E-state index contributed by atoms with van der Waals surface area (Å²) in [6.07, 6.45) is 5.01.